The predicted octanol–water partition coefficient (Wildman–Crippen LogP) is 6.41. The summed E-state index contributed by atoms with van der Waals surface area (Å²) in [5.41, 5.74) is -3.41. The Bertz CT molecular complexity index is 1680. The Morgan fingerprint density at radius 2 is 1.02 bits per heavy atom. The second-order valence-corrected chi connectivity index (χ2v) is 13.9. The minimum Gasteiger partial charge on any atom is -0.490 e. The monoisotopic (exact) mass is 798 g/mol. The van der Waals surface area contributed by atoms with Gasteiger partial charge in [-0.3, -0.25) is 20.2 Å². The number of rotatable bonds is 14. The van der Waals surface area contributed by atoms with Crippen molar-refractivity contribution in [2.45, 2.75) is 77.7 Å². The third kappa shape index (κ3) is 14.5. The second kappa shape index (κ2) is 19.5. The number of nitro benzene ring substituents is 2. The number of halogens is 2. The van der Waals surface area contributed by atoms with E-state index in [1.165, 1.54) is 0 Å². The van der Waals surface area contributed by atoms with Crippen LogP contribution in [0.25, 0.3) is 0 Å². The highest BCUT2D eigenvalue weighted by Gasteiger charge is 2.26. The van der Waals surface area contributed by atoms with Gasteiger partial charge >= 0.3 is 24.1 Å². The average molecular weight is 800 g/mol. The first kappa shape index (κ1) is 44.6. The number of nitrogens with one attached hydrogen (secondary N) is 2. The molecule has 18 nitrogen and oxygen atoms in total. The molecule has 2 amide bonds. The molecule has 2 rings (SSSR count). The Hall–Kier alpha value is -5.54. The van der Waals surface area contributed by atoms with Gasteiger partial charge in [0.1, 0.15) is 35.9 Å². The normalized spacial score (nSPS) is 12.1. The van der Waals surface area contributed by atoms with Crippen LogP contribution < -0.4 is 20.1 Å². The van der Waals surface area contributed by atoms with Crippen LogP contribution in [0.1, 0.15) is 75.1 Å². The summed E-state index contributed by atoms with van der Waals surface area (Å²) in [5.74, 6) is 3.44. The average Bonchev–Trinajstić information content (AvgIpc) is 3.05. The molecular weight excluding hydrogens is 759 g/mol. The second-order valence-electron chi connectivity index (χ2n) is 13.2. The molecule has 0 fully saturated rings. The number of esters is 2. The van der Waals surface area contributed by atoms with E-state index in [1.807, 2.05) is 0 Å². The van der Waals surface area contributed by atoms with E-state index in [4.69, 9.17) is 42.1 Å². The number of nitro groups is 2. The number of hydrogen-bond donors (Lipinski definition) is 2. The smallest absolute Gasteiger partial charge is 0.408 e. The third-order valence-electron chi connectivity index (χ3n) is 6.42. The highest BCUT2D eigenvalue weighted by atomic mass is 35.5. The third-order valence-corrected chi connectivity index (χ3v) is 7.18. The minimum absolute atomic E-state index is 0.102. The van der Waals surface area contributed by atoms with E-state index in [1.54, 1.807) is 41.5 Å². The maximum absolute atomic E-state index is 12.7. The summed E-state index contributed by atoms with van der Waals surface area (Å²) in [6.45, 7) is 9.16. The number of alkyl carbamates (subject to hydrolysis) is 2. The number of hydrogen-bond acceptors (Lipinski definition) is 14. The summed E-state index contributed by atoms with van der Waals surface area (Å²) in [6.07, 6.45) is -1.88. The molecule has 2 unspecified atom stereocenters. The van der Waals surface area contributed by atoms with Crippen LogP contribution in [-0.2, 0) is 18.9 Å². The number of nitrogens with zero attached hydrogens (tertiary/aromatic N) is 2. The van der Waals surface area contributed by atoms with Crippen molar-refractivity contribution in [2.24, 2.45) is 0 Å². The van der Waals surface area contributed by atoms with Crippen LogP contribution in [0, 0.1) is 32.1 Å². The van der Waals surface area contributed by atoms with Crippen molar-refractivity contribution >= 4 is 58.7 Å². The van der Waals surface area contributed by atoms with E-state index in [0.717, 1.165) is 38.5 Å². The van der Waals surface area contributed by atoms with Gasteiger partial charge in [0.25, 0.3) is 11.4 Å². The van der Waals surface area contributed by atoms with Crippen molar-refractivity contribution in [3.05, 3.63) is 65.7 Å². The lowest BCUT2D eigenvalue weighted by Gasteiger charge is -2.23. The number of amides is 2. The Labute approximate surface area is 320 Å². The number of benzene rings is 2. The van der Waals surface area contributed by atoms with Crippen LogP contribution in [0.3, 0.4) is 0 Å². The predicted molar refractivity (Wildman–Crippen MR) is 193 cm³/mol. The fraction of sp³-hybridized carbons (Fsp3) is 0.471. The molecule has 0 aromatic heterocycles. The van der Waals surface area contributed by atoms with E-state index in [-0.39, 0.29) is 48.7 Å². The highest BCUT2D eigenvalue weighted by molar-refractivity contribution is 6.34. The zero-order valence-electron chi connectivity index (χ0n) is 30.7. The van der Waals surface area contributed by atoms with Gasteiger partial charge in [-0.05, 0) is 53.7 Å². The number of carbonyl (C=O) groups excluding carboxylic acids is 4. The largest absolute Gasteiger partial charge is 0.490 e. The molecule has 0 heterocycles. The van der Waals surface area contributed by atoms with Gasteiger partial charge in [-0.15, -0.1) is 11.8 Å². The molecule has 0 bridgehead atoms. The van der Waals surface area contributed by atoms with Crippen LogP contribution in [-0.4, -0.2) is 84.7 Å². The highest BCUT2D eigenvalue weighted by Crippen LogP contribution is 2.37. The van der Waals surface area contributed by atoms with Crippen molar-refractivity contribution in [3.8, 4) is 23.3 Å². The van der Waals surface area contributed by atoms with Crippen LogP contribution in [0.5, 0.6) is 11.5 Å². The van der Waals surface area contributed by atoms with Crippen LogP contribution >= 0.6 is 23.2 Å². The van der Waals surface area contributed by atoms with Gasteiger partial charge < -0.3 is 39.1 Å². The summed E-state index contributed by atoms with van der Waals surface area (Å²) in [4.78, 5) is 71.2. The van der Waals surface area contributed by atoms with E-state index in [9.17, 15) is 39.4 Å². The van der Waals surface area contributed by atoms with Crippen LogP contribution in [0.15, 0.2) is 24.3 Å². The van der Waals surface area contributed by atoms with Crippen LogP contribution in [0.2, 0.25) is 10.0 Å². The molecule has 0 saturated heterocycles. The Balaban J connectivity index is 2.38. The van der Waals surface area contributed by atoms with E-state index in [0.29, 0.717) is 0 Å². The van der Waals surface area contributed by atoms with Crippen LogP contribution in [0.4, 0.5) is 21.0 Å². The van der Waals surface area contributed by atoms with E-state index >= 15 is 0 Å². The van der Waals surface area contributed by atoms with Gasteiger partial charge in [0.05, 0.1) is 47.3 Å². The molecule has 294 valence electrons. The summed E-state index contributed by atoms with van der Waals surface area (Å²) in [5, 5.41) is 27.6. The molecule has 0 aliphatic heterocycles. The quantitative estimate of drug-likeness (QED) is 0.0691. The lowest BCUT2D eigenvalue weighted by atomic mass is 10.1. The first-order chi connectivity index (χ1) is 25.0. The van der Waals surface area contributed by atoms with E-state index < -0.39 is 78.7 Å². The molecule has 2 aromatic carbocycles. The number of methoxy groups -OCH3 is 2. The van der Waals surface area contributed by atoms with Crippen molar-refractivity contribution < 1.29 is 57.4 Å². The molecule has 0 aliphatic carbocycles. The fourth-order valence-corrected chi connectivity index (χ4v) is 4.60. The molecule has 0 radical (unpaired) electrons. The lowest BCUT2D eigenvalue weighted by molar-refractivity contribution is -0.384. The molecule has 2 aromatic rings. The van der Waals surface area contributed by atoms with Gasteiger partial charge in [-0.1, -0.05) is 23.2 Å². The van der Waals surface area contributed by atoms with Crippen molar-refractivity contribution in [3.63, 3.8) is 0 Å². The first-order valence-corrected chi connectivity index (χ1v) is 16.6. The van der Waals surface area contributed by atoms with Crippen molar-refractivity contribution in [1.82, 2.24) is 10.6 Å². The van der Waals surface area contributed by atoms with Gasteiger partial charge in [0.15, 0.2) is 10.0 Å². The summed E-state index contributed by atoms with van der Waals surface area (Å²) >= 11 is 12.4. The molecule has 0 saturated carbocycles. The zero-order valence-corrected chi connectivity index (χ0v) is 32.2. The maximum Gasteiger partial charge on any atom is 0.408 e. The van der Waals surface area contributed by atoms with Gasteiger partial charge in [-0.25, -0.2) is 19.2 Å². The van der Waals surface area contributed by atoms with Crippen molar-refractivity contribution in [2.75, 3.05) is 27.4 Å². The Kier molecular flexibility index (Phi) is 16.1. The molecule has 2 N–H and O–H groups in total. The number of ether oxygens (including phenoxy) is 6. The summed E-state index contributed by atoms with van der Waals surface area (Å²) < 4.78 is 31.4. The van der Waals surface area contributed by atoms with Gasteiger partial charge in [-0.2, -0.15) is 0 Å². The molecule has 0 spiro atoms. The summed E-state index contributed by atoms with van der Waals surface area (Å²) in [7, 11) is 2.18. The SMILES string of the molecule is COC(=O)c1cc(OCC(CC#CCC(COc2cc(C(=O)OC)cc([N+](=O)[O-])c2Cl)NC(=O)OC(C)(C)C)NC(=O)OC(C)(C)C)c(Cl)c([N+](=O)[O-])c1. The Morgan fingerprint density at radius 1 is 0.685 bits per heavy atom. The standard InChI is InChI=1S/C34H40Cl2N4O14/c1-33(2,3)53-31(43)37-21(17-51-25-15-19(29(41)49-7)13-23(27(25)35)39(45)46)11-9-10-12-22(38-32(44)54-34(4,5)6)18-52-26-16-20(30(42)50-8)14-24(28(26)36)40(47)48/h13-16,21-22H,11-12,17-18H2,1-8H3,(H,37,43)(H,38,44). The number of carbonyl (C=O) groups is 4. The molecular formula is C34H40Cl2N4O14. The molecule has 2 atom stereocenters. The maximum atomic E-state index is 12.7. The topological polar surface area (TPSA) is 234 Å². The molecule has 20 heteroatoms. The van der Waals surface area contributed by atoms with E-state index in [2.05, 4.69) is 31.9 Å². The zero-order chi connectivity index (χ0) is 41.0. The molecule has 0 aliphatic rings. The van der Waals surface area contributed by atoms with Crippen molar-refractivity contribution in [1.29, 1.82) is 0 Å². The molecule has 54 heavy (non-hydrogen) atoms. The fourth-order valence-electron chi connectivity index (χ4n) is 4.14. The summed E-state index contributed by atoms with van der Waals surface area (Å²) in [6, 6.07) is 2.31. The Morgan fingerprint density at radius 3 is 1.30 bits per heavy atom. The first-order valence-electron chi connectivity index (χ1n) is 15.9. The van der Waals surface area contributed by atoms with Gasteiger partial charge in [0.2, 0.25) is 0 Å². The van der Waals surface area contributed by atoms with Gasteiger partial charge in [0, 0.05) is 25.0 Å². The lowest BCUT2D eigenvalue weighted by Crippen LogP contribution is -2.42. The minimum atomic E-state index is -0.918.